The Morgan fingerprint density at radius 2 is 1.76 bits per heavy atom. The van der Waals surface area contributed by atoms with Crippen LogP contribution in [0.25, 0.3) is 0 Å². The van der Waals surface area contributed by atoms with Gasteiger partial charge in [0.15, 0.2) is 0 Å². The number of carbonyl (C=O) groups is 1. The Labute approximate surface area is 103 Å². The average Bonchev–Trinajstić information content (AvgIpc) is 2.28. The first-order valence-electron chi connectivity index (χ1n) is 6.64. The molecule has 0 aromatic rings. The molecular weight excluding hydrogens is 218 g/mol. The van der Waals surface area contributed by atoms with Crippen molar-refractivity contribution >= 4 is 5.91 Å². The van der Waals surface area contributed by atoms with Crippen molar-refractivity contribution in [3.63, 3.8) is 0 Å². The summed E-state index contributed by atoms with van der Waals surface area (Å²) in [6.45, 7) is 8.59. The van der Waals surface area contributed by atoms with E-state index in [1.54, 1.807) is 0 Å². The average molecular weight is 241 g/mol. The van der Waals surface area contributed by atoms with Gasteiger partial charge in [-0.05, 0) is 19.5 Å². The van der Waals surface area contributed by atoms with Crippen LogP contribution in [0, 0.1) is 0 Å². The van der Waals surface area contributed by atoms with E-state index in [9.17, 15) is 4.79 Å². The Morgan fingerprint density at radius 3 is 2.41 bits per heavy atom. The number of morpholine rings is 1. The fourth-order valence-electron chi connectivity index (χ4n) is 2.13. The number of hydrogen-bond donors (Lipinski definition) is 1. The predicted octanol–water partition coefficient (Wildman–Crippen LogP) is -0.469. The van der Waals surface area contributed by atoms with E-state index < -0.39 is 0 Å². The lowest BCUT2D eigenvalue weighted by Gasteiger charge is -2.30. The smallest absolute Gasteiger partial charge is 0.221 e. The molecule has 5 nitrogen and oxygen atoms in total. The summed E-state index contributed by atoms with van der Waals surface area (Å²) in [5, 5.41) is 2.99. The molecule has 0 aromatic carbocycles. The van der Waals surface area contributed by atoms with Gasteiger partial charge < -0.3 is 15.0 Å². The molecule has 98 valence electrons. The van der Waals surface area contributed by atoms with Crippen molar-refractivity contribution in [2.75, 3.05) is 59.0 Å². The summed E-state index contributed by atoms with van der Waals surface area (Å²) in [6, 6.07) is 0. The number of carbonyl (C=O) groups excluding carboxylic acids is 1. The lowest BCUT2D eigenvalue weighted by Crippen LogP contribution is -2.42. The van der Waals surface area contributed by atoms with Crippen LogP contribution in [0.4, 0.5) is 0 Å². The van der Waals surface area contributed by atoms with E-state index in [0.29, 0.717) is 6.42 Å². The fraction of sp³-hybridized carbons (Fsp3) is 0.917. The van der Waals surface area contributed by atoms with Crippen molar-refractivity contribution in [3.05, 3.63) is 0 Å². The molecule has 0 spiro atoms. The molecule has 1 N–H and O–H groups in total. The summed E-state index contributed by atoms with van der Waals surface area (Å²) in [5.74, 6) is 0.185. The first kappa shape index (κ1) is 12.8. The van der Waals surface area contributed by atoms with Crippen molar-refractivity contribution in [2.45, 2.75) is 12.8 Å². The van der Waals surface area contributed by atoms with Gasteiger partial charge in [0.25, 0.3) is 0 Å². The van der Waals surface area contributed by atoms with E-state index in [4.69, 9.17) is 4.74 Å². The molecule has 0 aliphatic carbocycles. The van der Waals surface area contributed by atoms with Gasteiger partial charge in [0.05, 0.1) is 13.2 Å². The van der Waals surface area contributed by atoms with E-state index in [1.807, 2.05) is 0 Å². The Hall–Kier alpha value is -0.650. The molecule has 2 aliphatic heterocycles. The zero-order chi connectivity index (χ0) is 11.9. The Morgan fingerprint density at radius 1 is 1.06 bits per heavy atom. The van der Waals surface area contributed by atoms with Gasteiger partial charge in [0.2, 0.25) is 5.91 Å². The second-order valence-corrected chi connectivity index (χ2v) is 4.75. The van der Waals surface area contributed by atoms with Crippen molar-refractivity contribution in [3.8, 4) is 0 Å². The molecule has 5 heteroatoms. The third kappa shape index (κ3) is 4.61. The molecule has 0 aromatic heterocycles. The highest BCUT2D eigenvalue weighted by atomic mass is 16.5. The van der Waals surface area contributed by atoms with Crippen LogP contribution < -0.4 is 5.32 Å². The van der Waals surface area contributed by atoms with Crippen molar-refractivity contribution in [2.24, 2.45) is 0 Å². The summed E-state index contributed by atoms with van der Waals surface area (Å²) in [5.41, 5.74) is 0. The molecule has 0 radical (unpaired) electrons. The van der Waals surface area contributed by atoms with Gasteiger partial charge in [0.1, 0.15) is 0 Å². The second-order valence-electron chi connectivity index (χ2n) is 4.75. The maximum atomic E-state index is 11.5. The summed E-state index contributed by atoms with van der Waals surface area (Å²) < 4.78 is 5.28. The van der Waals surface area contributed by atoms with E-state index >= 15 is 0 Å². The largest absolute Gasteiger partial charge is 0.379 e. The first-order valence-corrected chi connectivity index (χ1v) is 6.64. The third-order valence-corrected chi connectivity index (χ3v) is 3.46. The molecule has 0 saturated carbocycles. The van der Waals surface area contributed by atoms with Gasteiger partial charge in [-0.2, -0.15) is 0 Å². The Balaban J connectivity index is 1.47. The molecule has 2 aliphatic rings. The lowest BCUT2D eigenvalue weighted by atomic mass is 10.2. The van der Waals surface area contributed by atoms with E-state index in [0.717, 1.165) is 45.9 Å². The molecule has 0 bridgehead atoms. The summed E-state index contributed by atoms with van der Waals surface area (Å²) in [7, 11) is 0. The number of nitrogens with one attached hydrogen (secondary N) is 1. The molecule has 2 saturated heterocycles. The molecule has 2 fully saturated rings. The molecule has 1 amide bonds. The molecule has 17 heavy (non-hydrogen) atoms. The maximum Gasteiger partial charge on any atom is 0.221 e. The van der Waals surface area contributed by atoms with Crippen LogP contribution in [0.3, 0.4) is 0 Å². The van der Waals surface area contributed by atoms with Crippen LogP contribution in [-0.4, -0.2) is 74.7 Å². The van der Waals surface area contributed by atoms with Gasteiger partial charge in [-0.3, -0.25) is 9.69 Å². The Bertz CT molecular complexity index is 238. The predicted molar refractivity (Wildman–Crippen MR) is 65.9 cm³/mol. The zero-order valence-electron chi connectivity index (χ0n) is 10.5. The molecule has 0 unspecified atom stereocenters. The standard InChI is InChI=1S/C12H23N3O2/c16-12(2-6-14-4-1-5-14)13-3-7-15-8-10-17-11-9-15/h1-11H2,(H,13,16). The van der Waals surface area contributed by atoms with E-state index in [-0.39, 0.29) is 5.91 Å². The van der Waals surface area contributed by atoms with Crippen molar-refractivity contribution < 1.29 is 9.53 Å². The normalized spacial score (nSPS) is 22.1. The van der Waals surface area contributed by atoms with Gasteiger partial charge in [-0.25, -0.2) is 0 Å². The number of amides is 1. The number of ether oxygens (including phenoxy) is 1. The monoisotopic (exact) mass is 241 g/mol. The van der Waals surface area contributed by atoms with Crippen LogP contribution in [0.2, 0.25) is 0 Å². The zero-order valence-corrected chi connectivity index (χ0v) is 10.5. The van der Waals surface area contributed by atoms with Crippen LogP contribution in [-0.2, 0) is 9.53 Å². The van der Waals surface area contributed by atoms with E-state index in [1.165, 1.54) is 19.5 Å². The highest BCUT2D eigenvalue weighted by Crippen LogP contribution is 2.05. The first-order chi connectivity index (χ1) is 8.34. The number of rotatable bonds is 6. The second kappa shape index (κ2) is 6.93. The molecule has 2 heterocycles. The van der Waals surface area contributed by atoms with Crippen LogP contribution in [0.1, 0.15) is 12.8 Å². The number of likely N-dealkylation sites (tertiary alicyclic amines) is 1. The summed E-state index contributed by atoms with van der Waals surface area (Å²) in [6.07, 6.45) is 1.93. The molecule has 0 atom stereocenters. The highest BCUT2D eigenvalue weighted by Gasteiger charge is 2.14. The topological polar surface area (TPSA) is 44.8 Å². The minimum atomic E-state index is 0.185. The third-order valence-electron chi connectivity index (χ3n) is 3.46. The Kier molecular flexibility index (Phi) is 5.22. The van der Waals surface area contributed by atoms with Crippen molar-refractivity contribution in [1.82, 2.24) is 15.1 Å². The van der Waals surface area contributed by atoms with Gasteiger partial charge in [0, 0.05) is 39.1 Å². The lowest BCUT2D eigenvalue weighted by molar-refractivity contribution is -0.121. The quantitative estimate of drug-likeness (QED) is 0.683. The fourth-order valence-corrected chi connectivity index (χ4v) is 2.13. The molecule has 2 rings (SSSR count). The van der Waals surface area contributed by atoms with Gasteiger partial charge in [-0.1, -0.05) is 0 Å². The number of hydrogen-bond acceptors (Lipinski definition) is 4. The van der Waals surface area contributed by atoms with Crippen LogP contribution in [0.5, 0.6) is 0 Å². The van der Waals surface area contributed by atoms with Crippen LogP contribution >= 0.6 is 0 Å². The van der Waals surface area contributed by atoms with E-state index in [2.05, 4.69) is 15.1 Å². The number of nitrogens with zero attached hydrogens (tertiary/aromatic N) is 2. The minimum absolute atomic E-state index is 0.185. The maximum absolute atomic E-state index is 11.5. The molecular formula is C12H23N3O2. The highest BCUT2D eigenvalue weighted by molar-refractivity contribution is 5.76. The minimum Gasteiger partial charge on any atom is -0.379 e. The van der Waals surface area contributed by atoms with Crippen LogP contribution in [0.15, 0.2) is 0 Å². The summed E-state index contributed by atoms with van der Waals surface area (Å²) >= 11 is 0. The summed E-state index contributed by atoms with van der Waals surface area (Å²) in [4.78, 5) is 16.2. The van der Waals surface area contributed by atoms with Crippen molar-refractivity contribution in [1.29, 1.82) is 0 Å². The van der Waals surface area contributed by atoms with Gasteiger partial charge in [-0.15, -0.1) is 0 Å². The SMILES string of the molecule is O=C(CCN1CCC1)NCCN1CCOCC1. The van der Waals surface area contributed by atoms with Gasteiger partial charge >= 0.3 is 0 Å².